The van der Waals surface area contributed by atoms with E-state index in [2.05, 4.69) is 6.92 Å². The standard InChI is InChI=1S/C10H13Cl2/c1-2-3-6-10(12)7-4-5-9(11)8-10/h4-5,7-8H,2-3,6H2,1H3. The zero-order valence-electron chi connectivity index (χ0n) is 7.19. The SMILES string of the molecule is CCCCC1(Cl)[CH]C(Cl)=CC=C1. The summed E-state index contributed by atoms with van der Waals surface area (Å²) in [7, 11) is 0. The van der Waals surface area contributed by atoms with E-state index in [1.807, 2.05) is 24.6 Å². The van der Waals surface area contributed by atoms with E-state index < -0.39 is 0 Å². The molecule has 0 fully saturated rings. The first-order chi connectivity index (χ1) is 5.66. The van der Waals surface area contributed by atoms with Crippen LogP contribution in [0.5, 0.6) is 0 Å². The van der Waals surface area contributed by atoms with Crippen molar-refractivity contribution in [3.05, 3.63) is 29.7 Å². The van der Waals surface area contributed by atoms with Crippen LogP contribution in [0.25, 0.3) is 0 Å². The molecule has 0 bridgehead atoms. The smallest absolute Gasteiger partial charge is 0.0712 e. The minimum Gasteiger partial charge on any atom is -0.114 e. The van der Waals surface area contributed by atoms with Crippen LogP contribution < -0.4 is 0 Å². The molecule has 1 unspecified atom stereocenters. The van der Waals surface area contributed by atoms with E-state index in [0.29, 0.717) is 0 Å². The zero-order chi connectivity index (χ0) is 9.03. The number of allylic oxidation sites excluding steroid dienone is 4. The fourth-order valence-corrected chi connectivity index (χ4v) is 1.88. The monoisotopic (exact) mass is 203 g/mol. The molecule has 0 saturated carbocycles. The Morgan fingerprint density at radius 1 is 1.50 bits per heavy atom. The molecule has 1 radical (unpaired) electrons. The van der Waals surface area contributed by atoms with Gasteiger partial charge in [0.2, 0.25) is 0 Å². The highest BCUT2D eigenvalue weighted by Crippen LogP contribution is 2.34. The Hall–Kier alpha value is 0.0600. The van der Waals surface area contributed by atoms with Gasteiger partial charge in [0, 0.05) is 11.5 Å². The second kappa shape index (κ2) is 4.34. The van der Waals surface area contributed by atoms with E-state index in [9.17, 15) is 0 Å². The summed E-state index contributed by atoms with van der Waals surface area (Å²) in [6.45, 7) is 2.16. The minimum absolute atomic E-state index is 0.332. The van der Waals surface area contributed by atoms with E-state index in [1.165, 1.54) is 0 Å². The van der Waals surface area contributed by atoms with Crippen LogP contribution in [0.4, 0.5) is 0 Å². The van der Waals surface area contributed by atoms with Gasteiger partial charge in [0.25, 0.3) is 0 Å². The molecule has 2 heteroatoms. The van der Waals surface area contributed by atoms with Crippen molar-refractivity contribution >= 4 is 23.2 Å². The van der Waals surface area contributed by atoms with Crippen molar-refractivity contribution < 1.29 is 0 Å². The van der Waals surface area contributed by atoms with Gasteiger partial charge < -0.3 is 0 Å². The summed E-state index contributed by atoms with van der Waals surface area (Å²) in [5, 5.41) is 0.739. The maximum Gasteiger partial charge on any atom is 0.0712 e. The predicted molar refractivity (Wildman–Crippen MR) is 55.5 cm³/mol. The van der Waals surface area contributed by atoms with Crippen molar-refractivity contribution in [2.24, 2.45) is 0 Å². The molecule has 0 aromatic rings. The lowest BCUT2D eigenvalue weighted by Crippen LogP contribution is -2.20. The molecule has 0 amide bonds. The van der Waals surface area contributed by atoms with E-state index >= 15 is 0 Å². The van der Waals surface area contributed by atoms with Crippen molar-refractivity contribution in [2.45, 2.75) is 31.1 Å². The number of halogens is 2. The highest BCUT2D eigenvalue weighted by molar-refractivity contribution is 6.34. The predicted octanol–water partition coefficient (Wildman–Crippen LogP) is 4.05. The first-order valence-corrected chi connectivity index (χ1v) is 5.02. The molecule has 0 aromatic carbocycles. The molecule has 1 rings (SSSR count). The fraction of sp³-hybridized carbons (Fsp3) is 0.500. The Labute approximate surface area is 84.2 Å². The highest BCUT2D eigenvalue weighted by atomic mass is 35.5. The summed E-state index contributed by atoms with van der Waals surface area (Å²) in [6, 6.07) is 0. The first kappa shape index (κ1) is 10.1. The van der Waals surface area contributed by atoms with Gasteiger partial charge in [-0.2, -0.15) is 0 Å². The van der Waals surface area contributed by atoms with Crippen LogP contribution in [0.15, 0.2) is 23.3 Å². The quantitative estimate of drug-likeness (QED) is 0.608. The van der Waals surface area contributed by atoms with E-state index in [0.717, 1.165) is 24.3 Å². The van der Waals surface area contributed by atoms with Gasteiger partial charge in [-0.3, -0.25) is 0 Å². The molecule has 0 N–H and O–H groups in total. The molecule has 1 aliphatic rings. The molecule has 0 aromatic heterocycles. The molecule has 0 nitrogen and oxygen atoms in total. The number of hydrogen-bond acceptors (Lipinski definition) is 0. The molecule has 1 atom stereocenters. The van der Waals surface area contributed by atoms with E-state index in [4.69, 9.17) is 23.2 Å². The van der Waals surface area contributed by atoms with Crippen molar-refractivity contribution in [3.63, 3.8) is 0 Å². The molecule has 12 heavy (non-hydrogen) atoms. The average Bonchev–Trinajstić information content (AvgIpc) is 2.01. The summed E-state index contributed by atoms with van der Waals surface area (Å²) in [4.78, 5) is -0.332. The Kier molecular flexibility index (Phi) is 3.67. The molecular weight excluding hydrogens is 191 g/mol. The van der Waals surface area contributed by atoms with Crippen LogP contribution in [-0.4, -0.2) is 4.87 Å². The molecule has 0 saturated heterocycles. The summed E-state index contributed by atoms with van der Waals surface area (Å²) < 4.78 is 0. The Bertz CT molecular complexity index is 206. The number of hydrogen-bond donors (Lipinski definition) is 0. The average molecular weight is 204 g/mol. The summed E-state index contributed by atoms with van der Waals surface area (Å²) in [5.74, 6) is 0. The lowest BCUT2D eigenvalue weighted by Gasteiger charge is -2.24. The summed E-state index contributed by atoms with van der Waals surface area (Å²) in [6.07, 6.45) is 10.9. The zero-order valence-corrected chi connectivity index (χ0v) is 8.70. The van der Waals surface area contributed by atoms with Crippen LogP contribution in [-0.2, 0) is 0 Å². The number of rotatable bonds is 3. The molecule has 0 heterocycles. The third-order valence-electron chi connectivity index (χ3n) is 1.92. The second-order valence-corrected chi connectivity index (χ2v) is 4.23. The largest absolute Gasteiger partial charge is 0.114 e. The van der Waals surface area contributed by atoms with Gasteiger partial charge in [0.15, 0.2) is 0 Å². The van der Waals surface area contributed by atoms with Gasteiger partial charge in [-0.1, -0.05) is 43.5 Å². The highest BCUT2D eigenvalue weighted by Gasteiger charge is 2.26. The normalized spacial score (nSPS) is 28.8. The third-order valence-corrected chi connectivity index (χ3v) is 2.58. The minimum atomic E-state index is -0.332. The van der Waals surface area contributed by atoms with Crippen LogP contribution in [0, 0.1) is 6.42 Å². The van der Waals surface area contributed by atoms with Crippen molar-refractivity contribution in [3.8, 4) is 0 Å². The summed E-state index contributed by atoms with van der Waals surface area (Å²) >= 11 is 12.1. The number of unbranched alkanes of at least 4 members (excludes halogenated alkanes) is 1. The van der Waals surface area contributed by atoms with Gasteiger partial charge in [-0.25, -0.2) is 0 Å². The lowest BCUT2D eigenvalue weighted by atomic mass is 9.94. The lowest BCUT2D eigenvalue weighted by molar-refractivity contribution is 0.646. The topological polar surface area (TPSA) is 0 Å². The van der Waals surface area contributed by atoms with Crippen LogP contribution >= 0.6 is 23.2 Å². The number of alkyl halides is 1. The van der Waals surface area contributed by atoms with Crippen molar-refractivity contribution in [2.75, 3.05) is 0 Å². The third kappa shape index (κ3) is 2.84. The van der Waals surface area contributed by atoms with E-state index in [-0.39, 0.29) is 4.87 Å². The van der Waals surface area contributed by atoms with Gasteiger partial charge in [0.1, 0.15) is 0 Å². The first-order valence-electron chi connectivity index (χ1n) is 4.26. The fourth-order valence-electron chi connectivity index (χ4n) is 1.23. The Morgan fingerprint density at radius 3 is 2.83 bits per heavy atom. The van der Waals surface area contributed by atoms with Crippen molar-refractivity contribution in [1.29, 1.82) is 0 Å². The van der Waals surface area contributed by atoms with Gasteiger partial charge in [0.05, 0.1) is 4.87 Å². The summed E-state index contributed by atoms with van der Waals surface area (Å²) in [5.41, 5.74) is 0. The molecule has 1 aliphatic carbocycles. The van der Waals surface area contributed by atoms with Crippen LogP contribution in [0.2, 0.25) is 0 Å². The van der Waals surface area contributed by atoms with Gasteiger partial charge >= 0.3 is 0 Å². The molecule has 67 valence electrons. The Morgan fingerprint density at radius 2 is 2.25 bits per heavy atom. The van der Waals surface area contributed by atoms with E-state index in [1.54, 1.807) is 0 Å². The maximum atomic E-state index is 6.28. The second-order valence-electron chi connectivity index (χ2n) is 3.09. The van der Waals surface area contributed by atoms with Crippen LogP contribution in [0.3, 0.4) is 0 Å². The van der Waals surface area contributed by atoms with Crippen molar-refractivity contribution in [1.82, 2.24) is 0 Å². The Balaban J connectivity index is 2.51. The molecular formula is C10H13Cl2. The maximum absolute atomic E-state index is 6.28. The van der Waals surface area contributed by atoms with Gasteiger partial charge in [-0.05, 0) is 12.5 Å². The van der Waals surface area contributed by atoms with Gasteiger partial charge in [-0.15, -0.1) is 11.6 Å². The van der Waals surface area contributed by atoms with Crippen LogP contribution in [0.1, 0.15) is 26.2 Å². The molecule has 0 spiro atoms. The molecule has 0 aliphatic heterocycles.